The molecular weight excluding hydrogens is 172 g/mol. The zero-order valence-electron chi connectivity index (χ0n) is 8.45. The highest BCUT2D eigenvalue weighted by molar-refractivity contribution is 5.10. The van der Waals surface area contributed by atoms with Crippen LogP contribution in [0.3, 0.4) is 0 Å². The molecule has 0 amide bonds. The van der Waals surface area contributed by atoms with Gasteiger partial charge in [0.05, 0.1) is 0 Å². The van der Waals surface area contributed by atoms with E-state index in [0.29, 0.717) is 0 Å². The van der Waals surface area contributed by atoms with Crippen LogP contribution in [0, 0.1) is 0 Å². The Morgan fingerprint density at radius 2 is 2.43 bits per heavy atom. The van der Waals surface area contributed by atoms with E-state index < -0.39 is 0 Å². The van der Waals surface area contributed by atoms with Crippen molar-refractivity contribution in [3.63, 3.8) is 0 Å². The number of pyridine rings is 1. The summed E-state index contributed by atoms with van der Waals surface area (Å²) < 4.78 is 0. The molecule has 0 bridgehead atoms. The van der Waals surface area contributed by atoms with Crippen LogP contribution < -0.4 is 0 Å². The van der Waals surface area contributed by atoms with E-state index in [4.69, 9.17) is 0 Å². The van der Waals surface area contributed by atoms with Crippen molar-refractivity contribution in [1.29, 1.82) is 0 Å². The monoisotopic (exact) mass is 188 g/mol. The van der Waals surface area contributed by atoms with E-state index in [1.807, 2.05) is 18.5 Å². The molecule has 0 spiro atoms. The second kappa shape index (κ2) is 4.38. The van der Waals surface area contributed by atoms with E-state index in [-0.39, 0.29) is 0 Å². The molecule has 74 valence electrons. The fourth-order valence-corrected chi connectivity index (χ4v) is 1.91. The average molecular weight is 188 g/mol. The van der Waals surface area contributed by atoms with Crippen LogP contribution in [0.5, 0.6) is 0 Å². The summed E-state index contributed by atoms with van der Waals surface area (Å²) in [6.45, 7) is 7.29. The molecule has 1 aromatic heterocycles. The van der Waals surface area contributed by atoms with Gasteiger partial charge in [0.25, 0.3) is 0 Å². The highest BCUT2D eigenvalue weighted by atomic mass is 15.1. The molecule has 0 saturated carbocycles. The molecule has 2 nitrogen and oxygen atoms in total. The number of nitrogens with zero attached hydrogens (tertiary/aromatic N) is 2. The van der Waals surface area contributed by atoms with Crippen molar-refractivity contribution in [3.8, 4) is 0 Å². The van der Waals surface area contributed by atoms with Crippen molar-refractivity contribution in [3.05, 3.63) is 42.2 Å². The van der Waals surface area contributed by atoms with Gasteiger partial charge in [-0.15, -0.1) is 0 Å². The Bertz CT molecular complexity index is 305. The number of hydrogen-bond donors (Lipinski definition) is 0. The number of likely N-dealkylation sites (tertiary alicyclic amines) is 1. The fraction of sp³-hybridized carbons (Fsp3) is 0.417. The quantitative estimate of drug-likeness (QED) is 0.662. The minimum Gasteiger partial charge on any atom is -0.295 e. The van der Waals surface area contributed by atoms with Crippen LogP contribution >= 0.6 is 0 Å². The molecule has 2 heteroatoms. The summed E-state index contributed by atoms with van der Waals surface area (Å²) in [7, 11) is 0. The lowest BCUT2D eigenvalue weighted by molar-refractivity contribution is 0.258. The number of piperidine rings is 1. The van der Waals surface area contributed by atoms with Crippen LogP contribution in [0.2, 0.25) is 0 Å². The van der Waals surface area contributed by atoms with Gasteiger partial charge in [0.15, 0.2) is 0 Å². The number of aromatic nitrogens is 1. The minimum atomic E-state index is 1.01. The smallest absolute Gasteiger partial charge is 0.0312 e. The van der Waals surface area contributed by atoms with E-state index in [0.717, 1.165) is 13.1 Å². The Labute approximate surface area is 85.3 Å². The van der Waals surface area contributed by atoms with Gasteiger partial charge in [0, 0.05) is 25.5 Å². The van der Waals surface area contributed by atoms with E-state index >= 15 is 0 Å². The molecule has 0 radical (unpaired) electrons. The standard InChI is InChI=1S/C12H16N2/c1-11-4-3-7-14(9-11)10-12-5-2-6-13-8-12/h2,5-6,8H,1,3-4,7,9-10H2. The predicted molar refractivity (Wildman–Crippen MR) is 57.9 cm³/mol. The third-order valence-corrected chi connectivity index (χ3v) is 2.58. The lowest BCUT2D eigenvalue weighted by atomic mass is 10.1. The molecule has 1 aliphatic rings. The first kappa shape index (κ1) is 9.41. The maximum Gasteiger partial charge on any atom is 0.0312 e. The molecule has 1 fully saturated rings. The summed E-state index contributed by atoms with van der Waals surface area (Å²) in [4.78, 5) is 6.55. The Kier molecular flexibility index (Phi) is 2.94. The van der Waals surface area contributed by atoms with E-state index in [2.05, 4.69) is 22.5 Å². The molecule has 1 aromatic rings. The van der Waals surface area contributed by atoms with Gasteiger partial charge in [0.2, 0.25) is 0 Å². The van der Waals surface area contributed by atoms with Gasteiger partial charge in [-0.2, -0.15) is 0 Å². The summed E-state index contributed by atoms with van der Waals surface area (Å²) in [5.74, 6) is 0. The van der Waals surface area contributed by atoms with E-state index in [1.54, 1.807) is 0 Å². The summed E-state index contributed by atoms with van der Waals surface area (Å²) >= 11 is 0. The van der Waals surface area contributed by atoms with Crippen molar-refractivity contribution in [1.82, 2.24) is 9.88 Å². The SMILES string of the molecule is C=C1CCCN(Cc2cccnc2)C1. The topological polar surface area (TPSA) is 16.1 Å². The van der Waals surface area contributed by atoms with Gasteiger partial charge >= 0.3 is 0 Å². The van der Waals surface area contributed by atoms with Gasteiger partial charge in [-0.1, -0.05) is 18.2 Å². The molecule has 0 aliphatic carbocycles. The van der Waals surface area contributed by atoms with Gasteiger partial charge in [-0.05, 0) is 31.0 Å². The van der Waals surface area contributed by atoms with Crippen LogP contribution in [-0.2, 0) is 6.54 Å². The van der Waals surface area contributed by atoms with Gasteiger partial charge in [-0.3, -0.25) is 9.88 Å². The summed E-state index contributed by atoms with van der Waals surface area (Å²) in [5, 5.41) is 0. The van der Waals surface area contributed by atoms with Crippen molar-refractivity contribution in [2.45, 2.75) is 19.4 Å². The van der Waals surface area contributed by atoms with Gasteiger partial charge < -0.3 is 0 Å². The molecule has 0 unspecified atom stereocenters. The summed E-state index contributed by atoms with van der Waals surface area (Å²) in [6.07, 6.45) is 6.21. The first-order valence-corrected chi connectivity index (χ1v) is 5.12. The molecule has 0 N–H and O–H groups in total. The molecule has 1 saturated heterocycles. The van der Waals surface area contributed by atoms with Crippen LogP contribution in [0.1, 0.15) is 18.4 Å². The lowest BCUT2D eigenvalue weighted by Crippen LogP contribution is -2.30. The predicted octanol–water partition coefficient (Wildman–Crippen LogP) is 2.23. The molecule has 0 aromatic carbocycles. The normalized spacial score (nSPS) is 18.4. The van der Waals surface area contributed by atoms with Crippen LogP contribution in [0.25, 0.3) is 0 Å². The zero-order chi connectivity index (χ0) is 9.80. The minimum absolute atomic E-state index is 1.01. The third-order valence-electron chi connectivity index (χ3n) is 2.58. The Hall–Kier alpha value is -1.15. The van der Waals surface area contributed by atoms with Crippen molar-refractivity contribution in [2.24, 2.45) is 0 Å². The van der Waals surface area contributed by atoms with Gasteiger partial charge in [0.1, 0.15) is 0 Å². The average Bonchev–Trinajstić information content (AvgIpc) is 2.19. The molecule has 14 heavy (non-hydrogen) atoms. The largest absolute Gasteiger partial charge is 0.295 e. The van der Waals surface area contributed by atoms with E-state index in [1.165, 1.54) is 30.5 Å². The first-order chi connectivity index (χ1) is 6.84. The zero-order valence-corrected chi connectivity index (χ0v) is 8.45. The highest BCUT2D eigenvalue weighted by Gasteiger charge is 2.12. The van der Waals surface area contributed by atoms with Crippen LogP contribution in [-0.4, -0.2) is 23.0 Å². The number of rotatable bonds is 2. The van der Waals surface area contributed by atoms with Crippen molar-refractivity contribution >= 4 is 0 Å². The third kappa shape index (κ3) is 2.42. The summed E-state index contributed by atoms with van der Waals surface area (Å²) in [5.41, 5.74) is 2.65. The van der Waals surface area contributed by atoms with Crippen molar-refractivity contribution < 1.29 is 0 Å². The molecular formula is C12H16N2. The first-order valence-electron chi connectivity index (χ1n) is 5.12. The Morgan fingerprint density at radius 3 is 3.14 bits per heavy atom. The lowest BCUT2D eigenvalue weighted by Gasteiger charge is -2.27. The fourth-order valence-electron chi connectivity index (χ4n) is 1.91. The molecule has 1 aliphatic heterocycles. The van der Waals surface area contributed by atoms with Crippen LogP contribution in [0.15, 0.2) is 36.7 Å². The molecule has 2 heterocycles. The molecule has 0 atom stereocenters. The highest BCUT2D eigenvalue weighted by Crippen LogP contribution is 2.15. The van der Waals surface area contributed by atoms with Gasteiger partial charge in [-0.25, -0.2) is 0 Å². The maximum absolute atomic E-state index is 4.12. The van der Waals surface area contributed by atoms with Crippen molar-refractivity contribution in [2.75, 3.05) is 13.1 Å². The number of hydrogen-bond acceptors (Lipinski definition) is 2. The summed E-state index contributed by atoms with van der Waals surface area (Å²) in [6, 6.07) is 4.12. The maximum atomic E-state index is 4.12. The molecule has 2 rings (SSSR count). The Balaban J connectivity index is 1.94. The van der Waals surface area contributed by atoms with E-state index in [9.17, 15) is 0 Å². The second-order valence-corrected chi connectivity index (χ2v) is 3.93. The second-order valence-electron chi connectivity index (χ2n) is 3.93. The van der Waals surface area contributed by atoms with Crippen LogP contribution in [0.4, 0.5) is 0 Å². The Morgan fingerprint density at radius 1 is 1.50 bits per heavy atom.